The smallest absolute Gasteiger partial charge is 0.226 e. The summed E-state index contributed by atoms with van der Waals surface area (Å²) in [5.74, 6) is -0.405. The molecule has 21 heavy (non-hydrogen) atoms. The fourth-order valence-electron chi connectivity index (χ4n) is 2.20. The third-order valence-corrected chi connectivity index (χ3v) is 3.38. The molecular weight excluding hydrogens is 266 g/mol. The Morgan fingerprint density at radius 2 is 1.67 bits per heavy atom. The molecule has 1 aromatic carbocycles. The van der Waals surface area contributed by atoms with Gasteiger partial charge in [0.05, 0.1) is 11.5 Å². The summed E-state index contributed by atoms with van der Waals surface area (Å²) in [4.78, 5) is 35.3. The Labute approximate surface area is 125 Å². The molecule has 0 saturated heterocycles. The Bertz CT molecular complexity index is 520. The molecule has 0 aliphatic rings. The average Bonchev–Trinajstić information content (AvgIpc) is 2.37. The molecule has 0 aliphatic heterocycles. The summed E-state index contributed by atoms with van der Waals surface area (Å²) < 4.78 is 0. The van der Waals surface area contributed by atoms with E-state index in [2.05, 4.69) is 5.32 Å². The maximum atomic E-state index is 12.3. The first-order valence-electron chi connectivity index (χ1n) is 7.07. The van der Waals surface area contributed by atoms with Gasteiger partial charge in [0.2, 0.25) is 5.91 Å². The number of hydrogen-bond acceptors (Lipinski definition) is 3. The van der Waals surface area contributed by atoms with Crippen LogP contribution in [0.4, 0.5) is 0 Å². The van der Waals surface area contributed by atoms with Gasteiger partial charge in [-0.05, 0) is 25.8 Å². The van der Waals surface area contributed by atoms with Crippen molar-refractivity contribution in [2.75, 3.05) is 0 Å². The van der Waals surface area contributed by atoms with E-state index in [1.165, 1.54) is 13.8 Å². The van der Waals surface area contributed by atoms with E-state index in [4.69, 9.17) is 0 Å². The number of carbonyl (C=O) groups excluding carboxylic acids is 3. The standard InChI is InChI=1S/C17H23NO3/c1-12(19)11-17(3,4)16(21)18-15(13(2)20)10-14-8-6-5-7-9-14/h5-9,15H,10-11H2,1-4H3,(H,18,21). The van der Waals surface area contributed by atoms with Gasteiger partial charge in [0.15, 0.2) is 5.78 Å². The van der Waals surface area contributed by atoms with Crippen molar-refractivity contribution in [2.24, 2.45) is 5.41 Å². The van der Waals surface area contributed by atoms with E-state index in [1.807, 2.05) is 30.3 Å². The molecule has 0 bridgehead atoms. The molecule has 4 heteroatoms. The molecule has 114 valence electrons. The number of amides is 1. The molecule has 0 radical (unpaired) electrons. The average molecular weight is 289 g/mol. The Hall–Kier alpha value is -1.97. The van der Waals surface area contributed by atoms with Crippen molar-refractivity contribution in [2.45, 2.75) is 46.6 Å². The molecule has 0 heterocycles. The van der Waals surface area contributed by atoms with Gasteiger partial charge in [-0.25, -0.2) is 0 Å². The second-order valence-corrected chi connectivity index (χ2v) is 6.09. The van der Waals surface area contributed by atoms with E-state index in [-0.39, 0.29) is 23.9 Å². The Balaban J connectivity index is 2.77. The van der Waals surface area contributed by atoms with E-state index in [9.17, 15) is 14.4 Å². The number of ketones is 2. The highest BCUT2D eigenvalue weighted by atomic mass is 16.2. The van der Waals surface area contributed by atoms with Gasteiger partial charge >= 0.3 is 0 Å². The van der Waals surface area contributed by atoms with Gasteiger partial charge in [-0.1, -0.05) is 44.2 Å². The van der Waals surface area contributed by atoms with Crippen molar-refractivity contribution in [3.05, 3.63) is 35.9 Å². The van der Waals surface area contributed by atoms with Gasteiger partial charge in [-0.2, -0.15) is 0 Å². The van der Waals surface area contributed by atoms with Crippen LogP contribution in [-0.4, -0.2) is 23.5 Å². The summed E-state index contributed by atoms with van der Waals surface area (Å²) in [5, 5.41) is 2.77. The monoisotopic (exact) mass is 289 g/mol. The van der Waals surface area contributed by atoms with Crippen molar-refractivity contribution < 1.29 is 14.4 Å². The number of benzene rings is 1. The molecule has 0 spiro atoms. The number of Topliss-reactive ketones (excluding diaryl/α,β-unsaturated/α-hetero) is 2. The van der Waals surface area contributed by atoms with E-state index >= 15 is 0 Å². The van der Waals surface area contributed by atoms with E-state index in [0.717, 1.165) is 5.56 Å². The number of carbonyl (C=O) groups is 3. The molecule has 4 nitrogen and oxygen atoms in total. The number of rotatable bonds is 7. The van der Waals surface area contributed by atoms with Crippen LogP contribution in [0.1, 0.15) is 39.7 Å². The molecule has 0 aliphatic carbocycles. The highest BCUT2D eigenvalue weighted by Crippen LogP contribution is 2.21. The topological polar surface area (TPSA) is 63.2 Å². The Morgan fingerprint density at radius 1 is 1.10 bits per heavy atom. The summed E-state index contributed by atoms with van der Waals surface area (Å²) in [6.07, 6.45) is 0.618. The zero-order valence-electron chi connectivity index (χ0n) is 13.1. The second-order valence-electron chi connectivity index (χ2n) is 6.09. The van der Waals surface area contributed by atoms with Crippen molar-refractivity contribution in [3.8, 4) is 0 Å². The lowest BCUT2D eigenvalue weighted by molar-refractivity contribution is -0.135. The predicted octanol–water partition coefficient (Wildman–Crippen LogP) is 2.31. The highest BCUT2D eigenvalue weighted by molar-refractivity contribution is 5.92. The summed E-state index contributed by atoms with van der Waals surface area (Å²) >= 11 is 0. The lowest BCUT2D eigenvalue weighted by Gasteiger charge is -2.25. The summed E-state index contributed by atoms with van der Waals surface area (Å²) in [6.45, 7) is 6.35. The minimum Gasteiger partial charge on any atom is -0.345 e. The Morgan fingerprint density at radius 3 is 2.14 bits per heavy atom. The molecule has 1 aromatic rings. The number of hydrogen-bond donors (Lipinski definition) is 1. The van der Waals surface area contributed by atoms with Gasteiger partial charge in [-0.15, -0.1) is 0 Å². The molecule has 1 N–H and O–H groups in total. The highest BCUT2D eigenvalue weighted by Gasteiger charge is 2.31. The van der Waals surface area contributed by atoms with Crippen molar-refractivity contribution in [3.63, 3.8) is 0 Å². The summed E-state index contributed by atoms with van der Waals surface area (Å²) in [5.41, 5.74) is 0.179. The van der Waals surface area contributed by atoms with E-state index < -0.39 is 11.5 Å². The molecule has 1 unspecified atom stereocenters. The molecule has 0 saturated carbocycles. The van der Waals surface area contributed by atoms with Crippen LogP contribution in [0, 0.1) is 5.41 Å². The van der Waals surface area contributed by atoms with Crippen LogP contribution in [-0.2, 0) is 20.8 Å². The van der Waals surface area contributed by atoms with Gasteiger partial charge in [-0.3, -0.25) is 14.4 Å². The first-order chi connectivity index (χ1) is 9.72. The quantitative estimate of drug-likeness (QED) is 0.837. The van der Waals surface area contributed by atoms with Crippen molar-refractivity contribution in [1.82, 2.24) is 5.32 Å². The molecule has 0 aromatic heterocycles. The first kappa shape index (κ1) is 17.1. The predicted molar refractivity (Wildman–Crippen MR) is 81.8 cm³/mol. The lowest BCUT2D eigenvalue weighted by Crippen LogP contribution is -2.47. The zero-order valence-corrected chi connectivity index (χ0v) is 13.1. The summed E-state index contributed by atoms with van der Waals surface area (Å²) in [7, 11) is 0. The van der Waals surface area contributed by atoms with Crippen LogP contribution in [0.15, 0.2) is 30.3 Å². The fourth-order valence-corrected chi connectivity index (χ4v) is 2.20. The molecular formula is C17H23NO3. The lowest BCUT2D eigenvalue weighted by atomic mass is 9.86. The molecule has 0 fully saturated rings. The molecule has 1 rings (SSSR count). The molecule has 1 amide bonds. The van der Waals surface area contributed by atoms with Crippen LogP contribution in [0.2, 0.25) is 0 Å². The maximum Gasteiger partial charge on any atom is 0.226 e. The summed E-state index contributed by atoms with van der Waals surface area (Å²) in [6, 6.07) is 8.97. The van der Waals surface area contributed by atoms with Crippen molar-refractivity contribution >= 4 is 17.5 Å². The third-order valence-electron chi connectivity index (χ3n) is 3.38. The van der Waals surface area contributed by atoms with Crippen LogP contribution in [0.5, 0.6) is 0 Å². The first-order valence-corrected chi connectivity index (χ1v) is 7.07. The normalized spacial score (nSPS) is 12.6. The van der Waals surface area contributed by atoms with Crippen LogP contribution >= 0.6 is 0 Å². The van der Waals surface area contributed by atoms with Crippen LogP contribution < -0.4 is 5.32 Å². The van der Waals surface area contributed by atoms with Gasteiger partial charge in [0.25, 0.3) is 0 Å². The zero-order chi connectivity index (χ0) is 16.0. The van der Waals surface area contributed by atoms with Gasteiger partial charge < -0.3 is 5.32 Å². The number of nitrogens with one attached hydrogen (secondary N) is 1. The van der Waals surface area contributed by atoms with Crippen LogP contribution in [0.25, 0.3) is 0 Å². The van der Waals surface area contributed by atoms with Crippen LogP contribution in [0.3, 0.4) is 0 Å². The van der Waals surface area contributed by atoms with Gasteiger partial charge in [0.1, 0.15) is 5.78 Å². The minimum atomic E-state index is -0.809. The fraction of sp³-hybridized carbons (Fsp3) is 0.471. The van der Waals surface area contributed by atoms with E-state index in [1.54, 1.807) is 13.8 Å². The maximum absolute atomic E-state index is 12.3. The van der Waals surface area contributed by atoms with Crippen molar-refractivity contribution in [1.29, 1.82) is 0 Å². The van der Waals surface area contributed by atoms with Gasteiger partial charge in [0, 0.05) is 6.42 Å². The third kappa shape index (κ3) is 5.50. The largest absolute Gasteiger partial charge is 0.345 e. The van der Waals surface area contributed by atoms with E-state index in [0.29, 0.717) is 6.42 Å². The second kappa shape index (κ2) is 7.16. The molecule has 1 atom stereocenters. The Kier molecular flexibility index (Phi) is 5.82. The minimum absolute atomic E-state index is 0.0439. The SMILES string of the molecule is CC(=O)CC(C)(C)C(=O)NC(Cc1ccccc1)C(C)=O.